The molecule has 1 amide bonds. The van der Waals surface area contributed by atoms with E-state index in [0.29, 0.717) is 31.0 Å². The van der Waals surface area contributed by atoms with E-state index in [9.17, 15) is 36.5 Å². The number of pyridine rings is 1. The first-order valence-electron chi connectivity index (χ1n) is 19.3. The van der Waals surface area contributed by atoms with Crippen LogP contribution in [0.3, 0.4) is 0 Å². The molecular weight excluding hydrogens is 802 g/mol. The number of nitrogens with zero attached hydrogens (tertiary/aromatic N) is 3. The number of alkyl halides is 3. The first kappa shape index (κ1) is 40.3. The summed E-state index contributed by atoms with van der Waals surface area (Å²) >= 11 is 0. The summed E-state index contributed by atoms with van der Waals surface area (Å²) in [5.41, 5.74) is 2.54. The van der Waals surface area contributed by atoms with Crippen molar-refractivity contribution in [2.24, 2.45) is 5.92 Å². The molecular formula is C43H39F3N6O7S. The lowest BCUT2D eigenvalue weighted by Crippen LogP contribution is -2.31. The number of nitrogens with one attached hydrogen (secondary N) is 3. The molecule has 60 heavy (non-hydrogen) atoms. The Morgan fingerprint density at radius 1 is 0.950 bits per heavy atom. The summed E-state index contributed by atoms with van der Waals surface area (Å²) in [7, 11) is -4.61. The van der Waals surface area contributed by atoms with E-state index in [1.54, 1.807) is 30.5 Å². The Hall–Kier alpha value is -6.46. The van der Waals surface area contributed by atoms with Crippen molar-refractivity contribution in [2.75, 3.05) is 36.5 Å². The van der Waals surface area contributed by atoms with E-state index in [2.05, 4.69) is 24.9 Å². The number of amides is 1. The van der Waals surface area contributed by atoms with Crippen LogP contribution < -0.4 is 19.7 Å². The van der Waals surface area contributed by atoms with Gasteiger partial charge in [-0.3, -0.25) is 14.9 Å². The topological polar surface area (TPSA) is 169 Å². The van der Waals surface area contributed by atoms with Crippen LogP contribution >= 0.6 is 0 Å². The fraction of sp³-hybridized carbons (Fsp3) is 0.256. The predicted octanol–water partition coefficient (Wildman–Crippen LogP) is 9.25. The minimum Gasteiger partial charge on any atom is -0.455 e. The summed E-state index contributed by atoms with van der Waals surface area (Å²) < 4.78 is 80.5. The summed E-state index contributed by atoms with van der Waals surface area (Å²) in [6, 6.07) is 24.4. The molecule has 310 valence electrons. The SMILES string of the molecule is O=C(NS(=O)(=O)c1ccc(NCC2CCOCC2)c([N+](=O)[O-])c1)c1ccc(-c2ccc(N3CCCC3c3ccc(C(F)(F)F)cc3)cc2)cc1Oc1cnc2[nH]ccc2c1. The van der Waals surface area contributed by atoms with Crippen LogP contribution in [0, 0.1) is 16.0 Å². The molecule has 6 aromatic rings. The predicted molar refractivity (Wildman–Crippen MR) is 219 cm³/mol. The zero-order valence-corrected chi connectivity index (χ0v) is 32.8. The van der Waals surface area contributed by atoms with Gasteiger partial charge in [-0.25, -0.2) is 18.1 Å². The number of aromatic nitrogens is 2. The van der Waals surface area contributed by atoms with Crippen molar-refractivity contribution in [1.29, 1.82) is 0 Å². The Labute approximate surface area is 342 Å². The van der Waals surface area contributed by atoms with Gasteiger partial charge in [0.15, 0.2) is 0 Å². The highest BCUT2D eigenvalue weighted by atomic mass is 32.2. The van der Waals surface area contributed by atoms with Gasteiger partial charge in [0.1, 0.15) is 22.8 Å². The van der Waals surface area contributed by atoms with Gasteiger partial charge in [0.25, 0.3) is 21.6 Å². The smallest absolute Gasteiger partial charge is 0.416 e. The fourth-order valence-corrected chi connectivity index (χ4v) is 8.64. The molecule has 0 aliphatic carbocycles. The number of halogens is 3. The highest BCUT2D eigenvalue weighted by Gasteiger charge is 2.32. The zero-order valence-electron chi connectivity index (χ0n) is 31.9. The van der Waals surface area contributed by atoms with Gasteiger partial charge in [0, 0.05) is 49.6 Å². The lowest BCUT2D eigenvalue weighted by Gasteiger charge is -2.27. The summed E-state index contributed by atoms with van der Waals surface area (Å²) in [6.45, 7) is 2.38. The third-order valence-electron chi connectivity index (χ3n) is 10.9. The quantitative estimate of drug-likeness (QED) is 0.0798. The molecule has 1 unspecified atom stereocenters. The fourth-order valence-electron chi connectivity index (χ4n) is 7.66. The molecule has 0 bridgehead atoms. The number of aromatic amines is 1. The van der Waals surface area contributed by atoms with Crippen molar-refractivity contribution < 1.29 is 40.8 Å². The molecule has 2 saturated heterocycles. The van der Waals surface area contributed by atoms with E-state index in [1.807, 2.05) is 24.3 Å². The number of fused-ring (bicyclic) bond motifs is 1. The van der Waals surface area contributed by atoms with Crippen molar-refractivity contribution in [3.05, 3.63) is 136 Å². The molecule has 8 rings (SSSR count). The minimum atomic E-state index is -4.61. The van der Waals surface area contributed by atoms with Gasteiger partial charge < -0.3 is 24.7 Å². The Morgan fingerprint density at radius 3 is 2.43 bits per heavy atom. The first-order valence-corrected chi connectivity index (χ1v) is 20.8. The molecule has 2 aliphatic rings. The van der Waals surface area contributed by atoms with Gasteiger partial charge >= 0.3 is 6.18 Å². The van der Waals surface area contributed by atoms with Crippen LogP contribution in [0.4, 0.5) is 30.2 Å². The average molecular weight is 841 g/mol. The number of sulfonamides is 1. The van der Waals surface area contributed by atoms with Crippen LogP contribution in [0.5, 0.6) is 11.5 Å². The Kier molecular flexibility index (Phi) is 11.2. The molecule has 17 heteroatoms. The number of hydrogen-bond acceptors (Lipinski definition) is 10. The van der Waals surface area contributed by atoms with Crippen molar-refractivity contribution in [3.63, 3.8) is 0 Å². The summed E-state index contributed by atoms with van der Waals surface area (Å²) in [5.74, 6) is -0.499. The summed E-state index contributed by atoms with van der Waals surface area (Å²) in [5, 5.41) is 15.8. The highest BCUT2D eigenvalue weighted by molar-refractivity contribution is 7.90. The molecule has 2 fully saturated rings. The van der Waals surface area contributed by atoms with Crippen molar-refractivity contribution >= 4 is 44.0 Å². The van der Waals surface area contributed by atoms with Gasteiger partial charge in [0.05, 0.1) is 33.2 Å². The van der Waals surface area contributed by atoms with E-state index in [4.69, 9.17) is 9.47 Å². The van der Waals surface area contributed by atoms with Crippen molar-refractivity contribution in [3.8, 4) is 22.6 Å². The third kappa shape index (κ3) is 8.77. The normalized spacial score (nSPS) is 16.2. The Balaban J connectivity index is 1.05. The maximum Gasteiger partial charge on any atom is 0.416 e. The molecule has 4 heterocycles. The van der Waals surface area contributed by atoms with Crippen molar-refractivity contribution in [2.45, 2.75) is 42.8 Å². The number of rotatable bonds is 12. The molecule has 0 saturated carbocycles. The summed E-state index contributed by atoms with van der Waals surface area (Å²) in [6.07, 6.45) is 2.00. The largest absolute Gasteiger partial charge is 0.455 e. The van der Waals surface area contributed by atoms with Crippen LogP contribution in [0.2, 0.25) is 0 Å². The Bertz CT molecular complexity index is 2650. The number of benzene rings is 4. The van der Waals surface area contributed by atoms with Gasteiger partial charge in [-0.1, -0.05) is 30.3 Å². The summed E-state index contributed by atoms with van der Waals surface area (Å²) in [4.78, 5) is 34.2. The maximum atomic E-state index is 13.8. The average Bonchev–Trinajstić information content (AvgIpc) is 3.93. The molecule has 0 spiro atoms. The molecule has 13 nitrogen and oxygen atoms in total. The number of H-pyrrole nitrogens is 1. The Morgan fingerprint density at radius 2 is 1.70 bits per heavy atom. The number of carbonyl (C=O) groups is 1. The number of anilines is 2. The highest BCUT2D eigenvalue weighted by Crippen LogP contribution is 2.39. The van der Waals surface area contributed by atoms with Gasteiger partial charge in [-0.15, -0.1) is 0 Å². The van der Waals surface area contributed by atoms with E-state index < -0.39 is 43.2 Å². The van der Waals surface area contributed by atoms with Gasteiger partial charge in [-0.2, -0.15) is 13.2 Å². The second kappa shape index (κ2) is 16.7. The first-order chi connectivity index (χ1) is 28.8. The number of ether oxygens (including phenoxy) is 2. The number of nitro benzene ring substituents is 1. The second-order valence-corrected chi connectivity index (χ2v) is 16.4. The van der Waals surface area contributed by atoms with Crippen molar-refractivity contribution in [1.82, 2.24) is 14.7 Å². The van der Waals surface area contributed by atoms with Crippen LogP contribution in [-0.4, -0.2) is 55.5 Å². The second-order valence-electron chi connectivity index (χ2n) is 14.7. The minimum absolute atomic E-state index is 0.0153. The molecule has 2 aromatic heterocycles. The number of nitro groups is 1. The molecule has 4 aromatic carbocycles. The van der Waals surface area contributed by atoms with E-state index in [1.165, 1.54) is 36.5 Å². The van der Waals surface area contributed by atoms with Gasteiger partial charge in [-0.05, 0) is 109 Å². The monoisotopic (exact) mass is 840 g/mol. The van der Waals surface area contributed by atoms with Crippen LogP contribution in [0.25, 0.3) is 22.2 Å². The molecule has 0 radical (unpaired) electrons. The molecule has 2 aliphatic heterocycles. The molecule has 1 atom stereocenters. The van der Waals surface area contributed by atoms with E-state index in [-0.39, 0.29) is 34.7 Å². The van der Waals surface area contributed by atoms with E-state index in [0.717, 1.165) is 72.6 Å². The van der Waals surface area contributed by atoms with Crippen LogP contribution in [0.15, 0.2) is 114 Å². The standard InChI is InChI=1S/C43H39F3N6O7S/c44-43(45,46)32-8-3-29(4-9-32)38-2-1-19-51(38)33-10-5-28(6-11-33)30-7-13-36(40(23-30)59-34-22-31-15-18-47-41(31)49-26-34)42(53)50-60(56,57)35-12-14-37(39(24-35)52(54)55)48-25-27-16-20-58-21-17-27/h3-15,18,22-24,26-27,38,48H,1-2,16-17,19-21,25H2,(H,47,49)(H,50,53). The van der Waals surface area contributed by atoms with Crippen LogP contribution in [-0.2, 0) is 20.9 Å². The zero-order chi connectivity index (χ0) is 42.0. The number of carbonyl (C=O) groups excluding carboxylic acids is 1. The van der Waals surface area contributed by atoms with Crippen LogP contribution in [0.1, 0.15) is 53.2 Å². The van der Waals surface area contributed by atoms with E-state index >= 15 is 0 Å². The number of hydrogen-bond donors (Lipinski definition) is 3. The lowest BCUT2D eigenvalue weighted by atomic mass is 10.0. The molecule has 3 N–H and O–H groups in total. The third-order valence-corrected chi connectivity index (χ3v) is 12.2. The maximum absolute atomic E-state index is 13.8. The lowest BCUT2D eigenvalue weighted by molar-refractivity contribution is -0.384. The van der Waals surface area contributed by atoms with Gasteiger partial charge in [0.2, 0.25) is 0 Å².